The molecule has 1 N–H and O–H groups in total. The maximum absolute atomic E-state index is 13.0. The lowest BCUT2D eigenvalue weighted by atomic mass is 9.95. The number of aromatic nitrogens is 3. The molecule has 1 unspecified atom stereocenters. The number of halogens is 1. The van der Waals surface area contributed by atoms with Crippen molar-refractivity contribution in [3.8, 4) is 11.5 Å². The van der Waals surface area contributed by atoms with E-state index in [0.717, 1.165) is 17.5 Å². The topological polar surface area (TPSA) is 87.5 Å². The van der Waals surface area contributed by atoms with Gasteiger partial charge in [0.05, 0.1) is 23.8 Å². The number of carbonyl (C=O) groups excluding carboxylic acids is 1. The Labute approximate surface area is 200 Å². The van der Waals surface area contributed by atoms with Crippen LogP contribution in [0.25, 0.3) is 0 Å². The van der Waals surface area contributed by atoms with Crippen LogP contribution in [0, 0.1) is 0 Å². The lowest BCUT2D eigenvalue weighted by Crippen LogP contribution is -2.29. The smallest absolute Gasteiger partial charge is 0.338 e. The lowest BCUT2D eigenvalue weighted by molar-refractivity contribution is -0.139. The first kappa shape index (κ1) is 22.8. The van der Waals surface area contributed by atoms with Crippen molar-refractivity contribution in [1.29, 1.82) is 0 Å². The molecule has 1 aliphatic heterocycles. The van der Waals surface area contributed by atoms with Gasteiger partial charge in [-0.15, -0.1) is 0 Å². The molecule has 4 rings (SSSR count). The number of ether oxygens (including phenoxy) is 3. The second kappa shape index (κ2) is 10.1. The van der Waals surface area contributed by atoms with Gasteiger partial charge >= 0.3 is 5.97 Å². The van der Waals surface area contributed by atoms with Crippen LogP contribution in [-0.2, 0) is 16.1 Å². The average Bonchev–Trinajstić information content (AvgIpc) is 3.29. The third kappa shape index (κ3) is 4.73. The number of rotatable bonds is 8. The van der Waals surface area contributed by atoms with E-state index in [4.69, 9.17) is 14.2 Å². The zero-order valence-corrected chi connectivity index (χ0v) is 20.3. The van der Waals surface area contributed by atoms with Crippen molar-refractivity contribution in [2.45, 2.75) is 32.9 Å². The van der Waals surface area contributed by atoms with Gasteiger partial charge in [0, 0.05) is 5.70 Å². The van der Waals surface area contributed by atoms with Crippen LogP contribution in [0.3, 0.4) is 0 Å². The monoisotopic (exact) mass is 512 g/mol. The molecule has 0 spiro atoms. The summed E-state index contributed by atoms with van der Waals surface area (Å²) in [6, 6.07) is 13.1. The predicted octanol–water partition coefficient (Wildman–Crippen LogP) is 4.87. The highest BCUT2D eigenvalue weighted by Crippen LogP contribution is 2.43. The van der Waals surface area contributed by atoms with Gasteiger partial charge in [-0.05, 0) is 52.5 Å². The lowest BCUT2D eigenvalue weighted by Gasteiger charge is -2.29. The van der Waals surface area contributed by atoms with E-state index >= 15 is 0 Å². The largest absolute Gasteiger partial charge is 0.493 e. The van der Waals surface area contributed by atoms with Gasteiger partial charge in [-0.1, -0.05) is 37.3 Å². The van der Waals surface area contributed by atoms with Crippen molar-refractivity contribution in [3.05, 3.63) is 75.7 Å². The van der Waals surface area contributed by atoms with Crippen LogP contribution in [0.15, 0.2) is 64.5 Å². The molecule has 172 valence electrons. The van der Waals surface area contributed by atoms with Crippen molar-refractivity contribution in [2.75, 3.05) is 19.0 Å². The minimum Gasteiger partial charge on any atom is -0.493 e. The minimum absolute atomic E-state index is 0.339. The van der Waals surface area contributed by atoms with Crippen LogP contribution in [-0.4, -0.2) is 34.5 Å². The first-order valence-electron chi connectivity index (χ1n) is 10.6. The van der Waals surface area contributed by atoms with Gasteiger partial charge in [-0.25, -0.2) is 9.48 Å². The fraction of sp³-hybridized carbons (Fsp3) is 0.292. The summed E-state index contributed by atoms with van der Waals surface area (Å²) in [5.74, 6) is 1.26. The number of allylic oxidation sites excluding steroid dienone is 1. The highest BCUT2D eigenvalue weighted by molar-refractivity contribution is 9.10. The maximum atomic E-state index is 13.0. The fourth-order valence-corrected chi connectivity index (χ4v) is 4.28. The molecular weight excluding hydrogens is 488 g/mol. The standard InChI is InChI=1S/C24H25BrN4O4/c1-4-10-32-23(30)20-15(2)28-24-26-14-27-29(24)21(20)17-11-18(25)22(19(12-17)31-3)33-13-16-8-6-5-7-9-16/h5-9,11-12,14,21H,4,10,13H2,1-3H3,(H,26,27,28). The highest BCUT2D eigenvalue weighted by atomic mass is 79.9. The van der Waals surface area contributed by atoms with E-state index in [9.17, 15) is 4.79 Å². The molecule has 0 saturated carbocycles. The summed E-state index contributed by atoms with van der Waals surface area (Å²) < 4.78 is 19.6. The van der Waals surface area contributed by atoms with Crippen LogP contribution in [0.2, 0.25) is 0 Å². The van der Waals surface area contributed by atoms with Gasteiger partial charge in [-0.2, -0.15) is 10.1 Å². The van der Waals surface area contributed by atoms with Gasteiger partial charge in [0.15, 0.2) is 11.5 Å². The van der Waals surface area contributed by atoms with E-state index in [-0.39, 0.29) is 0 Å². The predicted molar refractivity (Wildman–Crippen MR) is 127 cm³/mol. The van der Waals surface area contributed by atoms with E-state index in [2.05, 4.69) is 31.3 Å². The molecule has 1 atom stereocenters. The number of methoxy groups -OCH3 is 1. The molecule has 2 aromatic carbocycles. The summed E-state index contributed by atoms with van der Waals surface area (Å²) in [6.07, 6.45) is 2.18. The second-order valence-corrected chi connectivity index (χ2v) is 8.39. The fourth-order valence-electron chi connectivity index (χ4n) is 3.70. The van der Waals surface area contributed by atoms with Crippen LogP contribution < -0.4 is 14.8 Å². The Hall–Kier alpha value is -3.33. The molecule has 0 bridgehead atoms. The van der Waals surface area contributed by atoms with Gasteiger partial charge < -0.3 is 19.5 Å². The van der Waals surface area contributed by atoms with Crippen molar-refractivity contribution in [3.63, 3.8) is 0 Å². The number of carbonyl (C=O) groups is 1. The van der Waals surface area contributed by atoms with Crippen molar-refractivity contribution in [1.82, 2.24) is 14.8 Å². The zero-order valence-electron chi connectivity index (χ0n) is 18.7. The minimum atomic E-state index is -0.540. The third-order valence-corrected chi connectivity index (χ3v) is 5.83. The Kier molecular flexibility index (Phi) is 6.98. The summed E-state index contributed by atoms with van der Waals surface area (Å²) in [5, 5.41) is 7.50. The molecule has 0 saturated heterocycles. The molecule has 0 amide bonds. The van der Waals surface area contributed by atoms with E-state index in [1.165, 1.54) is 6.33 Å². The van der Waals surface area contributed by atoms with Gasteiger partial charge in [0.1, 0.15) is 19.0 Å². The van der Waals surface area contributed by atoms with Crippen LogP contribution in [0.5, 0.6) is 11.5 Å². The van der Waals surface area contributed by atoms with Gasteiger partial charge in [0.25, 0.3) is 0 Å². The molecule has 0 fully saturated rings. The Bertz CT molecular complexity index is 1180. The summed E-state index contributed by atoms with van der Waals surface area (Å²) in [6.45, 7) is 4.52. The Morgan fingerprint density at radius 3 is 2.76 bits per heavy atom. The van der Waals surface area contributed by atoms with E-state index in [1.807, 2.05) is 56.3 Å². The number of hydrogen-bond acceptors (Lipinski definition) is 7. The Morgan fingerprint density at radius 1 is 1.24 bits per heavy atom. The Morgan fingerprint density at radius 2 is 2.03 bits per heavy atom. The molecule has 1 aliphatic rings. The van der Waals surface area contributed by atoms with Crippen LogP contribution in [0.1, 0.15) is 37.4 Å². The van der Waals surface area contributed by atoms with Gasteiger partial charge in [0.2, 0.25) is 5.95 Å². The summed E-state index contributed by atoms with van der Waals surface area (Å²) in [7, 11) is 1.59. The van der Waals surface area contributed by atoms with Crippen molar-refractivity contribution >= 4 is 27.8 Å². The molecule has 3 aromatic rings. The first-order valence-corrected chi connectivity index (χ1v) is 11.4. The quantitative estimate of drug-likeness (QED) is 0.430. The number of nitrogens with zero attached hydrogens (tertiary/aromatic N) is 3. The molecule has 0 radical (unpaired) electrons. The first-order chi connectivity index (χ1) is 16.0. The molecule has 2 heterocycles. The van der Waals surface area contributed by atoms with E-state index < -0.39 is 12.0 Å². The third-order valence-electron chi connectivity index (χ3n) is 5.25. The summed E-state index contributed by atoms with van der Waals surface area (Å²) in [4.78, 5) is 17.3. The second-order valence-electron chi connectivity index (χ2n) is 7.54. The number of anilines is 1. The summed E-state index contributed by atoms with van der Waals surface area (Å²) >= 11 is 3.63. The van der Waals surface area contributed by atoms with Gasteiger partial charge in [-0.3, -0.25) is 0 Å². The van der Waals surface area contributed by atoms with Crippen LogP contribution in [0.4, 0.5) is 5.95 Å². The highest BCUT2D eigenvalue weighted by Gasteiger charge is 2.35. The zero-order chi connectivity index (χ0) is 23.4. The van der Waals surface area contributed by atoms with Crippen LogP contribution >= 0.6 is 15.9 Å². The van der Waals surface area contributed by atoms with Crippen molar-refractivity contribution in [2.24, 2.45) is 0 Å². The average molecular weight is 513 g/mol. The molecule has 1 aromatic heterocycles. The number of hydrogen-bond donors (Lipinski definition) is 1. The molecule has 33 heavy (non-hydrogen) atoms. The van der Waals surface area contributed by atoms with Crippen molar-refractivity contribution < 1.29 is 19.0 Å². The number of esters is 1. The molecule has 9 heteroatoms. The maximum Gasteiger partial charge on any atom is 0.338 e. The van der Waals surface area contributed by atoms with E-state index in [1.54, 1.807) is 11.8 Å². The molecule has 8 nitrogen and oxygen atoms in total. The number of fused-ring (bicyclic) bond motifs is 1. The molecular formula is C24H25BrN4O4. The SMILES string of the molecule is CCCOC(=O)C1=C(C)Nc2ncnn2C1c1cc(Br)c(OCc2ccccc2)c(OC)c1. The number of benzene rings is 2. The molecule has 0 aliphatic carbocycles. The normalized spacial score (nSPS) is 15.0. The summed E-state index contributed by atoms with van der Waals surface area (Å²) in [5.41, 5.74) is 2.96. The van der Waals surface area contributed by atoms with E-state index in [0.29, 0.717) is 46.4 Å². The number of nitrogens with one attached hydrogen (secondary N) is 1. The Balaban J connectivity index is 1.73.